The number of carbonyl (C=O) groups excluding carboxylic acids is 2. The van der Waals surface area contributed by atoms with E-state index in [1.54, 1.807) is 16.8 Å². The van der Waals surface area contributed by atoms with Crippen LogP contribution >= 0.6 is 0 Å². The maximum atomic E-state index is 11.9. The van der Waals surface area contributed by atoms with Crippen LogP contribution in [0.1, 0.15) is 27.7 Å². The van der Waals surface area contributed by atoms with Crippen molar-refractivity contribution in [3.63, 3.8) is 0 Å². The van der Waals surface area contributed by atoms with Gasteiger partial charge in [-0.2, -0.15) is 0 Å². The molecule has 6 nitrogen and oxygen atoms in total. The molecule has 1 fully saturated rings. The molecular weight excluding hydrogens is 246 g/mol. The van der Waals surface area contributed by atoms with Crippen molar-refractivity contribution < 1.29 is 14.3 Å². The van der Waals surface area contributed by atoms with Crippen molar-refractivity contribution >= 4 is 12.0 Å². The predicted octanol–water partition coefficient (Wildman–Crippen LogP) is 0.674. The van der Waals surface area contributed by atoms with Crippen LogP contribution in [0.3, 0.4) is 0 Å². The first kappa shape index (κ1) is 15.8. The second-order valence-corrected chi connectivity index (χ2v) is 5.89. The highest BCUT2D eigenvalue weighted by atomic mass is 16.6. The van der Waals surface area contributed by atoms with Crippen molar-refractivity contribution in [1.82, 2.24) is 15.1 Å². The van der Waals surface area contributed by atoms with E-state index < -0.39 is 5.60 Å². The van der Waals surface area contributed by atoms with E-state index in [-0.39, 0.29) is 18.0 Å². The summed E-state index contributed by atoms with van der Waals surface area (Å²) in [6, 6.07) is 0.0159. The van der Waals surface area contributed by atoms with Crippen molar-refractivity contribution in [2.24, 2.45) is 0 Å². The molecule has 0 spiro atoms. The minimum atomic E-state index is -0.487. The third-order valence-electron chi connectivity index (χ3n) is 2.93. The zero-order valence-corrected chi connectivity index (χ0v) is 12.5. The van der Waals surface area contributed by atoms with Crippen LogP contribution in [0.4, 0.5) is 4.79 Å². The SMILES string of the molecule is CNCC(=O)N1CCN(C(=O)OC(C)(C)C)CC1C. The number of nitrogens with one attached hydrogen (secondary N) is 1. The summed E-state index contributed by atoms with van der Waals surface area (Å²) in [6.45, 7) is 9.42. The van der Waals surface area contributed by atoms with Crippen LogP contribution in [-0.2, 0) is 9.53 Å². The first-order chi connectivity index (χ1) is 8.74. The number of ether oxygens (including phenoxy) is 1. The monoisotopic (exact) mass is 271 g/mol. The Balaban J connectivity index is 2.54. The number of piperazine rings is 1. The molecule has 1 rings (SSSR count). The van der Waals surface area contributed by atoms with Crippen molar-refractivity contribution in [3.05, 3.63) is 0 Å². The molecule has 1 atom stereocenters. The minimum absolute atomic E-state index is 0.0159. The van der Waals surface area contributed by atoms with Gasteiger partial charge in [0.05, 0.1) is 6.54 Å². The van der Waals surface area contributed by atoms with Crippen LogP contribution in [0.15, 0.2) is 0 Å². The molecule has 110 valence electrons. The van der Waals surface area contributed by atoms with E-state index >= 15 is 0 Å². The van der Waals surface area contributed by atoms with Crippen LogP contribution in [0.5, 0.6) is 0 Å². The summed E-state index contributed by atoms with van der Waals surface area (Å²) in [5, 5.41) is 2.85. The molecule has 0 aromatic carbocycles. The molecule has 1 saturated heterocycles. The van der Waals surface area contributed by atoms with Gasteiger partial charge in [0, 0.05) is 25.7 Å². The summed E-state index contributed by atoms with van der Waals surface area (Å²) in [4.78, 5) is 27.3. The van der Waals surface area contributed by atoms with E-state index in [0.29, 0.717) is 26.2 Å². The molecule has 0 bridgehead atoms. The molecule has 6 heteroatoms. The van der Waals surface area contributed by atoms with Crippen molar-refractivity contribution in [2.75, 3.05) is 33.2 Å². The number of hydrogen-bond donors (Lipinski definition) is 1. The van der Waals surface area contributed by atoms with Gasteiger partial charge in [0.25, 0.3) is 0 Å². The second kappa shape index (κ2) is 6.23. The van der Waals surface area contributed by atoms with Crippen LogP contribution in [0, 0.1) is 0 Å². The molecule has 0 saturated carbocycles. The average Bonchev–Trinajstić information content (AvgIpc) is 2.26. The predicted molar refractivity (Wildman–Crippen MR) is 72.9 cm³/mol. The number of rotatable bonds is 2. The van der Waals surface area contributed by atoms with Gasteiger partial charge >= 0.3 is 6.09 Å². The number of hydrogen-bond acceptors (Lipinski definition) is 4. The minimum Gasteiger partial charge on any atom is -0.444 e. The molecule has 0 aromatic rings. The van der Waals surface area contributed by atoms with Gasteiger partial charge in [0.15, 0.2) is 0 Å². The molecular formula is C13H25N3O3. The molecule has 1 aliphatic heterocycles. The Labute approximate surface area is 115 Å². The first-order valence-electron chi connectivity index (χ1n) is 6.66. The Morgan fingerprint density at radius 2 is 1.95 bits per heavy atom. The summed E-state index contributed by atoms with van der Waals surface area (Å²) in [7, 11) is 1.75. The lowest BCUT2D eigenvalue weighted by Crippen LogP contribution is -2.57. The first-order valence-corrected chi connectivity index (χ1v) is 6.66. The van der Waals surface area contributed by atoms with Crippen molar-refractivity contribution in [2.45, 2.75) is 39.3 Å². The molecule has 2 amide bonds. The van der Waals surface area contributed by atoms with Crippen molar-refractivity contribution in [3.8, 4) is 0 Å². The average molecular weight is 271 g/mol. The molecule has 0 aliphatic carbocycles. The van der Waals surface area contributed by atoms with Crippen LogP contribution < -0.4 is 5.32 Å². The number of nitrogens with zero attached hydrogens (tertiary/aromatic N) is 2. The van der Waals surface area contributed by atoms with Crippen LogP contribution in [0.25, 0.3) is 0 Å². The fraction of sp³-hybridized carbons (Fsp3) is 0.846. The van der Waals surface area contributed by atoms with E-state index in [1.165, 1.54) is 0 Å². The number of carbonyl (C=O) groups is 2. The van der Waals surface area contributed by atoms with E-state index in [1.807, 2.05) is 27.7 Å². The summed E-state index contributed by atoms with van der Waals surface area (Å²) in [6.07, 6.45) is -0.305. The number of likely N-dealkylation sites (N-methyl/N-ethyl adjacent to an activating group) is 1. The summed E-state index contributed by atoms with van der Waals surface area (Å²) < 4.78 is 5.34. The van der Waals surface area contributed by atoms with E-state index in [0.717, 1.165) is 0 Å². The Hall–Kier alpha value is -1.30. The molecule has 1 unspecified atom stereocenters. The van der Waals surface area contributed by atoms with Gasteiger partial charge in [-0.05, 0) is 34.7 Å². The fourth-order valence-corrected chi connectivity index (χ4v) is 2.07. The largest absolute Gasteiger partial charge is 0.444 e. The molecule has 1 N–H and O–H groups in total. The lowest BCUT2D eigenvalue weighted by Gasteiger charge is -2.40. The third-order valence-corrected chi connectivity index (χ3v) is 2.93. The summed E-state index contributed by atoms with van der Waals surface area (Å²) >= 11 is 0. The Morgan fingerprint density at radius 3 is 2.42 bits per heavy atom. The van der Waals surface area contributed by atoms with E-state index in [2.05, 4.69) is 5.32 Å². The van der Waals surface area contributed by atoms with Crippen LogP contribution in [0.2, 0.25) is 0 Å². The van der Waals surface area contributed by atoms with Gasteiger partial charge in [-0.25, -0.2) is 4.79 Å². The lowest BCUT2D eigenvalue weighted by molar-refractivity contribution is -0.134. The maximum Gasteiger partial charge on any atom is 0.410 e. The highest BCUT2D eigenvalue weighted by Gasteiger charge is 2.31. The van der Waals surface area contributed by atoms with Gasteiger partial charge < -0.3 is 19.9 Å². The van der Waals surface area contributed by atoms with Crippen LogP contribution in [-0.4, -0.2) is 66.7 Å². The summed E-state index contributed by atoms with van der Waals surface area (Å²) in [5.41, 5.74) is -0.487. The highest BCUT2D eigenvalue weighted by Crippen LogP contribution is 2.14. The Kier molecular flexibility index (Phi) is 5.17. The van der Waals surface area contributed by atoms with E-state index in [4.69, 9.17) is 4.74 Å². The quantitative estimate of drug-likeness (QED) is 0.802. The molecule has 1 aliphatic rings. The summed E-state index contributed by atoms with van der Waals surface area (Å²) in [5.74, 6) is 0.0684. The molecule has 1 heterocycles. The third kappa shape index (κ3) is 4.70. The van der Waals surface area contributed by atoms with Gasteiger partial charge in [0.1, 0.15) is 5.60 Å². The zero-order chi connectivity index (χ0) is 14.6. The van der Waals surface area contributed by atoms with Gasteiger partial charge in [-0.15, -0.1) is 0 Å². The normalized spacial score (nSPS) is 20.4. The number of amides is 2. The zero-order valence-electron chi connectivity index (χ0n) is 12.5. The van der Waals surface area contributed by atoms with Gasteiger partial charge in [-0.3, -0.25) is 4.79 Å². The fourth-order valence-electron chi connectivity index (χ4n) is 2.07. The van der Waals surface area contributed by atoms with Gasteiger partial charge in [0.2, 0.25) is 5.91 Å². The molecule has 0 aromatic heterocycles. The van der Waals surface area contributed by atoms with Gasteiger partial charge in [-0.1, -0.05) is 0 Å². The highest BCUT2D eigenvalue weighted by molar-refractivity contribution is 5.79. The Bertz CT molecular complexity index is 339. The molecule has 19 heavy (non-hydrogen) atoms. The van der Waals surface area contributed by atoms with E-state index in [9.17, 15) is 9.59 Å². The maximum absolute atomic E-state index is 11.9. The van der Waals surface area contributed by atoms with Crippen molar-refractivity contribution in [1.29, 1.82) is 0 Å². The topological polar surface area (TPSA) is 61.9 Å². The second-order valence-electron chi connectivity index (χ2n) is 5.89. The smallest absolute Gasteiger partial charge is 0.410 e. The molecule has 0 radical (unpaired) electrons. The Morgan fingerprint density at radius 1 is 1.32 bits per heavy atom. The standard InChI is InChI=1S/C13H25N3O3/c1-10-9-15(12(18)19-13(2,3)4)6-7-16(10)11(17)8-14-5/h10,14H,6-9H2,1-5H3. The lowest BCUT2D eigenvalue weighted by atomic mass is 10.2.